The van der Waals surface area contributed by atoms with Crippen LogP contribution in [0.3, 0.4) is 0 Å². The Morgan fingerprint density at radius 2 is 1.94 bits per heavy atom. The minimum Gasteiger partial charge on any atom is -0.503 e. The van der Waals surface area contributed by atoms with Crippen molar-refractivity contribution in [1.29, 1.82) is 0 Å². The zero-order chi connectivity index (χ0) is 13.0. The third-order valence-electron chi connectivity index (χ3n) is 2.33. The first-order chi connectivity index (χ1) is 8.68. The van der Waals surface area contributed by atoms with Crippen molar-refractivity contribution in [1.82, 2.24) is 4.98 Å². The lowest BCUT2D eigenvalue weighted by atomic mass is 10.2. The van der Waals surface area contributed by atoms with Gasteiger partial charge in [-0.1, -0.05) is 30.3 Å². The molecule has 2 N–H and O–H groups in total. The molecule has 2 rings (SSSR count). The Morgan fingerprint density at radius 3 is 2.61 bits per heavy atom. The van der Waals surface area contributed by atoms with Crippen LogP contribution in [0.15, 0.2) is 42.6 Å². The molecule has 0 bridgehead atoms. The van der Waals surface area contributed by atoms with E-state index in [1.54, 1.807) is 0 Å². The molecule has 5 nitrogen and oxygen atoms in total. The number of ether oxygens (including phenoxy) is 1. The Bertz CT molecular complexity index is 554. The zero-order valence-corrected chi connectivity index (χ0v) is 9.41. The van der Waals surface area contributed by atoms with Crippen molar-refractivity contribution in [3.05, 3.63) is 53.9 Å². The van der Waals surface area contributed by atoms with Crippen molar-refractivity contribution in [2.75, 3.05) is 0 Å². The van der Waals surface area contributed by atoms with Crippen LogP contribution in [0.4, 0.5) is 0 Å². The number of aromatic hydroxyl groups is 1. The van der Waals surface area contributed by atoms with Gasteiger partial charge in [0.15, 0.2) is 17.2 Å². The van der Waals surface area contributed by atoms with Gasteiger partial charge in [0.05, 0.1) is 0 Å². The first-order valence-electron chi connectivity index (χ1n) is 5.26. The number of rotatable bonds is 4. The molecule has 0 aliphatic rings. The second kappa shape index (κ2) is 5.18. The molecule has 1 aromatic heterocycles. The van der Waals surface area contributed by atoms with Crippen LogP contribution in [-0.2, 0) is 6.61 Å². The predicted octanol–water partition coefficient (Wildman–Crippen LogP) is 2.06. The summed E-state index contributed by atoms with van der Waals surface area (Å²) in [6, 6.07) is 10.8. The first kappa shape index (κ1) is 11.9. The van der Waals surface area contributed by atoms with Crippen molar-refractivity contribution in [2.24, 2.45) is 0 Å². The Labute approximate surface area is 103 Å². The zero-order valence-electron chi connectivity index (χ0n) is 9.41. The molecule has 0 saturated carbocycles. The highest BCUT2D eigenvalue weighted by molar-refractivity contribution is 5.89. The fourth-order valence-electron chi connectivity index (χ4n) is 1.44. The summed E-state index contributed by atoms with van der Waals surface area (Å²) in [7, 11) is 0. The van der Waals surface area contributed by atoms with Crippen molar-refractivity contribution in [2.45, 2.75) is 6.61 Å². The van der Waals surface area contributed by atoms with Gasteiger partial charge >= 0.3 is 5.97 Å². The van der Waals surface area contributed by atoms with Crippen molar-refractivity contribution in [3.63, 3.8) is 0 Å². The highest BCUT2D eigenvalue weighted by atomic mass is 16.5. The van der Waals surface area contributed by atoms with Crippen LogP contribution in [0.25, 0.3) is 0 Å². The van der Waals surface area contributed by atoms with Gasteiger partial charge < -0.3 is 14.9 Å². The molecule has 18 heavy (non-hydrogen) atoms. The second-order valence-corrected chi connectivity index (χ2v) is 3.59. The summed E-state index contributed by atoms with van der Waals surface area (Å²) in [4.78, 5) is 14.3. The SMILES string of the molecule is O=C(O)c1nccc(OCc2ccccc2)c1O. The lowest BCUT2D eigenvalue weighted by Crippen LogP contribution is -2.03. The summed E-state index contributed by atoms with van der Waals surface area (Å²) < 4.78 is 5.36. The molecule has 0 spiro atoms. The van der Waals surface area contributed by atoms with Gasteiger partial charge in [-0.05, 0) is 5.56 Å². The molecule has 0 unspecified atom stereocenters. The molecule has 2 aromatic rings. The number of carbonyl (C=O) groups is 1. The molecule has 5 heteroatoms. The first-order valence-corrected chi connectivity index (χ1v) is 5.26. The fraction of sp³-hybridized carbons (Fsp3) is 0.0769. The molecule has 0 radical (unpaired) electrons. The third kappa shape index (κ3) is 2.57. The second-order valence-electron chi connectivity index (χ2n) is 3.59. The number of pyridine rings is 1. The van der Waals surface area contributed by atoms with Gasteiger partial charge in [-0.2, -0.15) is 0 Å². The number of aromatic nitrogens is 1. The molecule has 0 fully saturated rings. The summed E-state index contributed by atoms with van der Waals surface area (Å²) in [6.45, 7) is 0.247. The van der Waals surface area contributed by atoms with Crippen LogP contribution in [0.5, 0.6) is 11.5 Å². The molecule has 1 heterocycles. The Hall–Kier alpha value is -2.56. The maximum absolute atomic E-state index is 10.8. The quantitative estimate of drug-likeness (QED) is 0.861. The largest absolute Gasteiger partial charge is 0.503 e. The van der Waals surface area contributed by atoms with E-state index in [4.69, 9.17) is 9.84 Å². The summed E-state index contributed by atoms with van der Waals surface area (Å²) in [5.41, 5.74) is 0.506. The highest BCUT2D eigenvalue weighted by Crippen LogP contribution is 2.28. The monoisotopic (exact) mass is 245 g/mol. The van der Waals surface area contributed by atoms with E-state index in [1.165, 1.54) is 12.3 Å². The molecule has 0 saturated heterocycles. The average molecular weight is 245 g/mol. The van der Waals surface area contributed by atoms with Crippen molar-refractivity contribution in [3.8, 4) is 11.5 Å². The molecule has 0 aliphatic carbocycles. The van der Waals surface area contributed by atoms with E-state index in [1.807, 2.05) is 30.3 Å². The minimum absolute atomic E-state index is 0.103. The summed E-state index contributed by atoms with van der Waals surface area (Å²) in [5, 5.41) is 18.5. The third-order valence-corrected chi connectivity index (χ3v) is 2.33. The van der Waals surface area contributed by atoms with Crippen LogP contribution in [-0.4, -0.2) is 21.2 Å². The minimum atomic E-state index is -1.29. The summed E-state index contributed by atoms with van der Waals surface area (Å²) >= 11 is 0. The van der Waals surface area contributed by atoms with Gasteiger partial charge in [0.2, 0.25) is 0 Å². The van der Waals surface area contributed by atoms with Gasteiger partial charge in [0.25, 0.3) is 0 Å². The predicted molar refractivity (Wildman–Crippen MR) is 63.6 cm³/mol. The number of carboxylic acid groups (broad SMARTS) is 1. The molecular formula is C13H11NO4. The van der Waals surface area contributed by atoms with Crippen molar-refractivity contribution >= 4 is 5.97 Å². The molecular weight excluding hydrogens is 234 g/mol. The average Bonchev–Trinajstić information content (AvgIpc) is 2.38. The van der Waals surface area contributed by atoms with Gasteiger partial charge in [0, 0.05) is 12.3 Å². The van der Waals surface area contributed by atoms with Gasteiger partial charge in [-0.25, -0.2) is 9.78 Å². The lowest BCUT2D eigenvalue weighted by molar-refractivity contribution is 0.0686. The summed E-state index contributed by atoms with van der Waals surface area (Å²) in [6.07, 6.45) is 1.28. The van der Waals surface area contributed by atoms with Crippen LogP contribution < -0.4 is 4.74 Å². The molecule has 0 aliphatic heterocycles. The molecule has 92 valence electrons. The molecule has 0 atom stereocenters. The van der Waals surface area contributed by atoms with E-state index >= 15 is 0 Å². The molecule has 1 aromatic carbocycles. The van der Waals surface area contributed by atoms with Gasteiger partial charge in [0.1, 0.15) is 6.61 Å². The van der Waals surface area contributed by atoms with Crippen LogP contribution in [0.1, 0.15) is 16.1 Å². The van der Waals surface area contributed by atoms with E-state index in [-0.39, 0.29) is 12.4 Å². The van der Waals surface area contributed by atoms with Crippen LogP contribution in [0, 0.1) is 0 Å². The highest BCUT2D eigenvalue weighted by Gasteiger charge is 2.15. The number of carboxylic acids is 1. The standard InChI is InChI=1S/C13H11NO4/c15-12-10(6-7-14-11(12)13(16)17)18-8-9-4-2-1-3-5-9/h1-7,15H,8H2,(H,16,17). The van der Waals surface area contributed by atoms with E-state index < -0.39 is 17.4 Å². The number of nitrogens with zero attached hydrogens (tertiary/aromatic N) is 1. The smallest absolute Gasteiger partial charge is 0.358 e. The van der Waals surface area contributed by atoms with Crippen LogP contribution in [0.2, 0.25) is 0 Å². The van der Waals surface area contributed by atoms with E-state index in [9.17, 15) is 9.90 Å². The molecule has 0 amide bonds. The van der Waals surface area contributed by atoms with Crippen LogP contribution >= 0.6 is 0 Å². The Morgan fingerprint density at radius 1 is 1.22 bits per heavy atom. The fourth-order valence-corrected chi connectivity index (χ4v) is 1.44. The van der Waals surface area contributed by atoms with Crippen molar-refractivity contribution < 1.29 is 19.7 Å². The summed E-state index contributed by atoms with van der Waals surface area (Å²) in [5.74, 6) is -1.65. The maximum Gasteiger partial charge on any atom is 0.358 e. The Kier molecular flexibility index (Phi) is 3.43. The topological polar surface area (TPSA) is 79.7 Å². The van der Waals surface area contributed by atoms with E-state index in [2.05, 4.69) is 4.98 Å². The number of hydrogen-bond acceptors (Lipinski definition) is 4. The maximum atomic E-state index is 10.8. The normalized spacial score (nSPS) is 10.0. The van der Waals surface area contributed by atoms with E-state index in [0.717, 1.165) is 5.56 Å². The lowest BCUT2D eigenvalue weighted by Gasteiger charge is -2.08. The van der Waals surface area contributed by atoms with Gasteiger partial charge in [-0.15, -0.1) is 0 Å². The number of benzene rings is 1. The number of hydrogen-bond donors (Lipinski definition) is 2. The van der Waals surface area contributed by atoms with E-state index in [0.29, 0.717) is 0 Å². The number of aromatic carboxylic acids is 1. The Balaban J connectivity index is 2.15. The van der Waals surface area contributed by atoms with Gasteiger partial charge in [-0.3, -0.25) is 0 Å².